The van der Waals surface area contributed by atoms with Crippen LogP contribution in [0.2, 0.25) is 5.02 Å². The Morgan fingerprint density at radius 2 is 2.07 bits per heavy atom. The van der Waals surface area contributed by atoms with Gasteiger partial charge in [-0.3, -0.25) is 4.79 Å². The van der Waals surface area contributed by atoms with Gasteiger partial charge in [-0.2, -0.15) is 0 Å². The predicted molar refractivity (Wildman–Crippen MR) is 104 cm³/mol. The van der Waals surface area contributed by atoms with Crippen molar-refractivity contribution >= 4 is 23.0 Å². The lowest BCUT2D eigenvalue weighted by molar-refractivity contribution is -0.0452. The molecule has 0 bridgehead atoms. The number of carbonyl (C=O) groups is 1. The molecule has 2 fully saturated rings. The Bertz CT molecular complexity index is 851. The largest absolute Gasteiger partial charge is 0.381 e. The van der Waals surface area contributed by atoms with Crippen molar-refractivity contribution in [3.63, 3.8) is 0 Å². The number of nitrogens with one attached hydrogen (secondary N) is 1. The second kappa shape index (κ2) is 7.99. The molecule has 4 nitrogen and oxygen atoms in total. The van der Waals surface area contributed by atoms with Gasteiger partial charge in [-0.05, 0) is 55.7 Å². The van der Waals surface area contributed by atoms with E-state index in [-0.39, 0.29) is 24.7 Å². The van der Waals surface area contributed by atoms with Gasteiger partial charge in [0.15, 0.2) is 0 Å². The molecule has 0 radical (unpaired) electrons. The van der Waals surface area contributed by atoms with Crippen LogP contribution >= 0.6 is 11.6 Å². The zero-order chi connectivity index (χ0) is 19.7. The summed E-state index contributed by atoms with van der Waals surface area (Å²) in [7, 11) is 0. The van der Waals surface area contributed by atoms with Crippen molar-refractivity contribution < 1.29 is 18.3 Å². The van der Waals surface area contributed by atoms with Gasteiger partial charge in [0, 0.05) is 44.5 Å². The normalized spacial score (nSPS) is 22.6. The molecule has 1 N–H and O–H groups in total. The lowest BCUT2D eigenvalue weighted by atomic mass is 9.87. The first kappa shape index (κ1) is 19.6. The quantitative estimate of drug-likeness (QED) is 0.774. The maximum Gasteiger partial charge on any atom is 0.253 e. The molecule has 28 heavy (non-hydrogen) atoms. The summed E-state index contributed by atoms with van der Waals surface area (Å²) < 4.78 is 34.1. The molecule has 0 spiro atoms. The van der Waals surface area contributed by atoms with E-state index in [1.807, 2.05) is 22.7 Å². The van der Waals surface area contributed by atoms with Crippen molar-refractivity contribution in [2.75, 3.05) is 19.8 Å². The highest BCUT2D eigenvalue weighted by Crippen LogP contribution is 2.36. The Kier molecular flexibility index (Phi) is 5.61. The minimum atomic E-state index is -2.55. The van der Waals surface area contributed by atoms with Crippen LogP contribution in [0.5, 0.6) is 0 Å². The van der Waals surface area contributed by atoms with Gasteiger partial charge >= 0.3 is 0 Å². The zero-order valence-electron chi connectivity index (χ0n) is 15.7. The number of rotatable bonds is 5. The SMILES string of the molecule is O=C(NCC1CCC(F)(F)CC1)c1cc(C[C@H]2CCOC2)n2cccc(Cl)c12. The van der Waals surface area contributed by atoms with Crippen LogP contribution in [0, 0.1) is 11.8 Å². The molecule has 1 saturated heterocycles. The van der Waals surface area contributed by atoms with Crippen molar-refractivity contribution in [2.24, 2.45) is 11.8 Å². The van der Waals surface area contributed by atoms with Crippen molar-refractivity contribution in [2.45, 2.75) is 44.4 Å². The first-order valence-electron chi connectivity index (χ1n) is 9.95. The zero-order valence-corrected chi connectivity index (χ0v) is 16.5. The monoisotopic (exact) mass is 410 g/mol. The Hall–Kier alpha value is -1.66. The number of alkyl halides is 2. The second-order valence-corrected chi connectivity index (χ2v) is 8.47. The number of pyridine rings is 1. The average Bonchev–Trinajstić information content (AvgIpc) is 3.30. The van der Waals surface area contributed by atoms with Gasteiger partial charge in [0.05, 0.1) is 16.1 Å². The Balaban J connectivity index is 1.50. The van der Waals surface area contributed by atoms with Crippen LogP contribution < -0.4 is 5.32 Å². The molecule has 0 unspecified atom stereocenters. The summed E-state index contributed by atoms with van der Waals surface area (Å²) in [6.45, 7) is 1.94. The fraction of sp³-hybridized carbons (Fsp3) is 0.571. The Labute approximate surface area is 168 Å². The molecule has 1 aliphatic heterocycles. The topological polar surface area (TPSA) is 42.7 Å². The van der Waals surface area contributed by atoms with Crippen LogP contribution in [0.15, 0.2) is 24.4 Å². The van der Waals surface area contributed by atoms with E-state index >= 15 is 0 Å². The lowest BCUT2D eigenvalue weighted by Crippen LogP contribution is -2.33. The molecule has 1 saturated carbocycles. The smallest absolute Gasteiger partial charge is 0.253 e. The Morgan fingerprint density at radius 1 is 1.29 bits per heavy atom. The molecular formula is C21H25ClF2N2O2. The van der Waals surface area contributed by atoms with Gasteiger partial charge in [-0.25, -0.2) is 8.78 Å². The molecular weight excluding hydrogens is 386 g/mol. The number of fused-ring (bicyclic) bond motifs is 1. The van der Waals surface area contributed by atoms with E-state index in [2.05, 4.69) is 5.32 Å². The number of carbonyl (C=O) groups excluding carboxylic acids is 1. The van der Waals surface area contributed by atoms with Gasteiger partial charge < -0.3 is 14.5 Å². The van der Waals surface area contributed by atoms with Gasteiger partial charge in [-0.1, -0.05) is 11.6 Å². The van der Waals surface area contributed by atoms with Crippen LogP contribution in [0.1, 0.15) is 48.2 Å². The first-order chi connectivity index (χ1) is 13.4. The number of halogens is 3. The lowest BCUT2D eigenvalue weighted by Gasteiger charge is -2.28. The Morgan fingerprint density at radius 3 is 2.79 bits per heavy atom. The maximum absolute atomic E-state index is 13.3. The van der Waals surface area contributed by atoms with E-state index in [4.69, 9.17) is 16.3 Å². The molecule has 1 aliphatic carbocycles. The summed E-state index contributed by atoms with van der Waals surface area (Å²) in [5, 5.41) is 3.47. The van der Waals surface area contributed by atoms with Crippen LogP contribution in [-0.4, -0.2) is 36.0 Å². The van der Waals surface area contributed by atoms with Crippen LogP contribution in [0.25, 0.3) is 5.52 Å². The molecule has 4 rings (SSSR count). The van der Waals surface area contributed by atoms with Crippen molar-refractivity contribution in [3.05, 3.63) is 40.7 Å². The molecule has 2 aromatic heterocycles. The fourth-order valence-corrected chi connectivity index (χ4v) is 4.56. The average molecular weight is 411 g/mol. The molecule has 1 amide bonds. The van der Waals surface area contributed by atoms with Crippen LogP contribution in [0.3, 0.4) is 0 Å². The number of hydrogen-bond acceptors (Lipinski definition) is 2. The number of aromatic nitrogens is 1. The highest BCUT2D eigenvalue weighted by Gasteiger charge is 2.35. The number of amides is 1. The minimum Gasteiger partial charge on any atom is -0.381 e. The third kappa shape index (κ3) is 4.18. The molecule has 0 aromatic carbocycles. The summed E-state index contributed by atoms with van der Waals surface area (Å²) >= 11 is 6.41. The second-order valence-electron chi connectivity index (χ2n) is 8.07. The third-order valence-corrected chi connectivity index (χ3v) is 6.28. The van der Waals surface area contributed by atoms with E-state index < -0.39 is 5.92 Å². The first-order valence-corrected chi connectivity index (χ1v) is 10.3. The van der Waals surface area contributed by atoms with Gasteiger partial charge in [0.25, 0.3) is 5.91 Å². The van der Waals surface area contributed by atoms with E-state index in [9.17, 15) is 13.6 Å². The predicted octanol–water partition coefficient (Wildman–Crippen LogP) is 4.73. The highest BCUT2D eigenvalue weighted by atomic mass is 35.5. The molecule has 2 aliphatic rings. The van der Waals surface area contributed by atoms with Crippen molar-refractivity contribution in [3.8, 4) is 0 Å². The van der Waals surface area contributed by atoms with Crippen LogP contribution in [0.4, 0.5) is 8.78 Å². The third-order valence-electron chi connectivity index (χ3n) is 5.97. The van der Waals surface area contributed by atoms with Gasteiger partial charge in [-0.15, -0.1) is 0 Å². The minimum absolute atomic E-state index is 0.0951. The summed E-state index contributed by atoms with van der Waals surface area (Å²) in [5.41, 5.74) is 2.28. The van der Waals surface area contributed by atoms with Gasteiger partial charge in [0.2, 0.25) is 5.92 Å². The molecule has 1 atom stereocenters. The molecule has 7 heteroatoms. The highest BCUT2D eigenvalue weighted by molar-refractivity contribution is 6.34. The standard InChI is InChI=1S/C21H25ClF2N2O2/c22-18-2-1-8-26-16(10-15-5-9-28-13-15)11-17(19(18)26)20(27)25-12-14-3-6-21(23,24)7-4-14/h1-2,8,11,14-15H,3-7,9-10,12-13H2,(H,25,27)/t15-/m1/s1. The summed E-state index contributed by atoms with van der Waals surface area (Å²) in [6.07, 6.45) is 4.46. The molecule has 3 heterocycles. The van der Waals surface area contributed by atoms with Gasteiger partial charge in [0.1, 0.15) is 0 Å². The number of hydrogen-bond donors (Lipinski definition) is 1. The summed E-state index contributed by atoms with van der Waals surface area (Å²) in [6, 6.07) is 5.55. The van der Waals surface area contributed by atoms with E-state index in [1.165, 1.54) is 0 Å². The number of ether oxygens (including phenoxy) is 1. The maximum atomic E-state index is 13.3. The molecule has 2 aromatic rings. The molecule has 152 valence electrons. The van der Waals surface area contributed by atoms with E-state index in [0.29, 0.717) is 41.4 Å². The van der Waals surface area contributed by atoms with Crippen molar-refractivity contribution in [1.82, 2.24) is 9.72 Å². The summed E-state index contributed by atoms with van der Waals surface area (Å²) in [4.78, 5) is 12.9. The van der Waals surface area contributed by atoms with E-state index in [1.54, 1.807) is 6.07 Å². The van der Waals surface area contributed by atoms with E-state index in [0.717, 1.165) is 31.7 Å². The number of nitrogens with zero attached hydrogens (tertiary/aromatic N) is 1. The van der Waals surface area contributed by atoms with Crippen molar-refractivity contribution in [1.29, 1.82) is 0 Å². The fourth-order valence-electron chi connectivity index (χ4n) is 4.29. The summed E-state index contributed by atoms with van der Waals surface area (Å²) in [5.74, 6) is -2.21. The van der Waals surface area contributed by atoms with Crippen LogP contribution in [-0.2, 0) is 11.2 Å².